The van der Waals surface area contributed by atoms with E-state index in [1.54, 1.807) is 7.11 Å². The van der Waals surface area contributed by atoms with Crippen LogP contribution in [0.1, 0.15) is 43.7 Å². The minimum absolute atomic E-state index is 0.107. The molecule has 104 valence electrons. The maximum atomic E-state index is 6.05. The molecule has 0 fully saturated rings. The van der Waals surface area contributed by atoms with Crippen LogP contribution in [0, 0.1) is 0 Å². The van der Waals surface area contributed by atoms with Crippen LogP contribution in [-0.2, 0) is 0 Å². The lowest BCUT2D eigenvalue weighted by molar-refractivity contribution is 0.413. The number of hydrogen-bond donors (Lipinski definition) is 2. The van der Waals surface area contributed by atoms with E-state index >= 15 is 0 Å². The monoisotopic (exact) mass is 280 g/mol. The lowest BCUT2D eigenvalue weighted by Gasteiger charge is -2.21. The molecule has 19 heavy (non-hydrogen) atoms. The van der Waals surface area contributed by atoms with E-state index in [1.807, 2.05) is 18.2 Å². The number of nitrogens with one attached hydrogen (secondary N) is 1. The van der Waals surface area contributed by atoms with Crippen LogP contribution in [0.5, 0.6) is 5.75 Å². The Balaban J connectivity index is 2.14. The van der Waals surface area contributed by atoms with Gasteiger partial charge < -0.3 is 4.74 Å². The molecule has 3 N–H and O–H groups in total. The molecule has 2 rings (SSSR count). The van der Waals surface area contributed by atoms with Crippen molar-refractivity contribution in [2.75, 3.05) is 7.11 Å². The van der Waals surface area contributed by atoms with Crippen LogP contribution < -0.4 is 16.0 Å². The van der Waals surface area contributed by atoms with E-state index in [0.29, 0.717) is 10.8 Å². The second kappa shape index (κ2) is 6.94. The summed E-state index contributed by atoms with van der Waals surface area (Å²) < 4.78 is 5.26. The molecule has 1 aromatic rings. The van der Waals surface area contributed by atoms with E-state index in [9.17, 15) is 0 Å². The molecule has 0 bridgehead atoms. The molecule has 1 aromatic carbocycles. The van der Waals surface area contributed by atoms with Crippen LogP contribution in [0.3, 0.4) is 0 Å². The second-order valence-corrected chi connectivity index (χ2v) is 5.33. The van der Waals surface area contributed by atoms with Crippen molar-refractivity contribution >= 4 is 11.6 Å². The van der Waals surface area contributed by atoms with Gasteiger partial charge in [0.1, 0.15) is 5.75 Å². The molecule has 0 amide bonds. The fourth-order valence-electron chi connectivity index (χ4n) is 2.52. The minimum atomic E-state index is 0.107. The highest BCUT2D eigenvalue weighted by molar-refractivity contribution is 6.32. The van der Waals surface area contributed by atoms with Gasteiger partial charge >= 0.3 is 0 Å². The molecule has 1 atom stereocenters. The largest absolute Gasteiger partial charge is 0.495 e. The number of nitrogens with two attached hydrogens (primary N) is 1. The van der Waals surface area contributed by atoms with E-state index in [2.05, 4.69) is 11.5 Å². The Labute approximate surface area is 119 Å². The molecule has 0 heterocycles. The van der Waals surface area contributed by atoms with Gasteiger partial charge in [-0.1, -0.05) is 29.3 Å². The Bertz CT molecular complexity index is 459. The molecule has 0 radical (unpaired) electrons. The average Bonchev–Trinajstić information content (AvgIpc) is 2.46. The topological polar surface area (TPSA) is 47.3 Å². The van der Waals surface area contributed by atoms with Gasteiger partial charge in [0.2, 0.25) is 0 Å². The molecular weight excluding hydrogens is 260 g/mol. The zero-order chi connectivity index (χ0) is 13.7. The molecule has 1 unspecified atom stereocenters. The lowest BCUT2D eigenvalue weighted by atomic mass is 9.92. The van der Waals surface area contributed by atoms with Crippen molar-refractivity contribution in [2.24, 2.45) is 5.84 Å². The van der Waals surface area contributed by atoms with Crippen molar-refractivity contribution in [3.8, 4) is 5.75 Å². The minimum Gasteiger partial charge on any atom is -0.495 e. The number of rotatable bonds is 5. The first-order valence-electron chi connectivity index (χ1n) is 6.72. The van der Waals surface area contributed by atoms with Crippen LogP contribution in [0.2, 0.25) is 5.02 Å². The number of hydrogen-bond acceptors (Lipinski definition) is 3. The molecular formula is C15H21ClN2O. The number of allylic oxidation sites excluding steroid dienone is 1. The molecule has 1 aliphatic carbocycles. The number of benzene rings is 1. The summed E-state index contributed by atoms with van der Waals surface area (Å²) in [4.78, 5) is 0. The molecule has 1 aliphatic rings. The third-order valence-corrected chi connectivity index (χ3v) is 3.94. The summed E-state index contributed by atoms with van der Waals surface area (Å²) in [5.74, 6) is 6.39. The first-order valence-corrected chi connectivity index (χ1v) is 7.10. The quantitative estimate of drug-likeness (QED) is 0.491. The molecule has 0 aromatic heterocycles. The van der Waals surface area contributed by atoms with E-state index < -0.39 is 0 Å². The van der Waals surface area contributed by atoms with Crippen LogP contribution in [-0.4, -0.2) is 7.11 Å². The zero-order valence-corrected chi connectivity index (χ0v) is 12.0. The van der Waals surface area contributed by atoms with E-state index in [4.69, 9.17) is 22.2 Å². The third kappa shape index (κ3) is 3.72. The van der Waals surface area contributed by atoms with Gasteiger partial charge in [0.05, 0.1) is 12.1 Å². The fourth-order valence-corrected chi connectivity index (χ4v) is 2.71. The third-order valence-electron chi connectivity index (χ3n) is 3.63. The molecule has 0 saturated carbocycles. The van der Waals surface area contributed by atoms with E-state index in [1.165, 1.54) is 31.3 Å². The molecule has 0 aliphatic heterocycles. The smallest absolute Gasteiger partial charge is 0.137 e. The summed E-state index contributed by atoms with van der Waals surface area (Å²) >= 11 is 6.05. The molecule has 0 spiro atoms. The summed E-state index contributed by atoms with van der Waals surface area (Å²) in [5, 5.41) is 0.624. The van der Waals surface area contributed by atoms with E-state index in [0.717, 1.165) is 12.0 Å². The highest BCUT2D eigenvalue weighted by Crippen LogP contribution is 2.31. The summed E-state index contributed by atoms with van der Waals surface area (Å²) in [6.07, 6.45) is 8.26. The van der Waals surface area contributed by atoms with Crippen molar-refractivity contribution in [3.63, 3.8) is 0 Å². The van der Waals surface area contributed by atoms with Gasteiger partial charge in [-0.2, -0.15) is 0 Å². The van der Waals surface area contributed by atoms with Gasteiger partial charge in [-0.25, -0.2) is 0 Å². The van der Waals surface area contributed by atoms with Crippen molar-refractivity contribution in [2.45, 2.75) is 38.1 Å². The first-order chi connectivity index (χ1) is 9.24. The first kappa shape index (κ1) is 14.4. The molecule has 3 nitrogen and oxygen atoms in total. The Hall–Kier alpha value is -1.03. The van der Waals surface area contributed by atoms with Crippen LogP contribution >= 0.6 is 11.6 Å². The summed E-state index contributed by atoms with van der Waals surface area (Å²) in [6, 6.07) is 5.92. The highest BCUT2D eigenvalue weighted by atomic mass is 35.5. The van der Waals surface area contributed by atoms with E-state index in [-0.39, 0.29) is 6.04 Å². The Morgan fingerprint density at radius 1 is 1.42 bits per heavy atom. The normalized spacial score (nSPS) is 16.9. The van der Waals surface area contributed by atoms with Crippen molar-refractivity contribution in [1.29, 1.82) is 0 Å². The summed E-state index contributed by atoms with van der Waals surface area (Å²) in [7, 11) is 1.62. The Morgan fingerprint density at radius 2 is 2.26 bits per heavy atom. The average molecular weight is 281 g/mol. The van der Waals surface area contributed by atoms with Crippen LogP contribution in [0.25, 0.3) is 0 Å². The van der Waals surface area contributed by atoms with Gasteiger partial charge in [-0.15, -0.1) is 0 Å². The van der Waals surface area contributed by atoms with Gasteiger partial charge in [-0.3, -0.25) is 11.3 Å². The summed E-state index contributed by atoms with van der Waals surface area (Å²) in [5.41, 5.74) is 5.49. The Kier molecular flexibility index (Phi) is 5.25. The molecule has 0 saturated heterocycles. The van der Waals surface area contributed by atoms with Gasteiger partial charge in [0.25, 0.3) is 0 Å². The maximum absolute atomic E-state index is 6.05. The maximum Gasteiger partial charge on any atom is 0.137 e. The standard InChI is InChI=1S/C15H21ClN2O/c1-19-15-10-12(7-8-13(15)16)14(18-17)9-11-5-3-2-4-6-11/h5,7-8,10,14,18H,2-4,6,9,17H2,1H3. The Morgan fingerprint density at radius 3 is 2.89 bits per heavy atom. The number of halogens is 1. The predicted molar refractivity (Wildman–Crippen MR) is 79.2 cm³/mol. The van der Waals surface area contributed by atoms with Crippen molar-refractivity contribution in [1.82, 2.24) is 5.43 Å². The van der Waals surface area contributed by atoms with Gasteiger partial charge in [-0.05, 0) is 49.8 Å². The zero-order valence-electron chi connectivity index (χ0n) is 11.3. The van der Waals surface area contributed by atoms with Crippen LogP contribution in [0.4, 0.5) is 0 Å². The van der Waals surface area contributed by atoms with Gasteiger partial charge in [0, 0.05) is 6.04 Å². The van der Waals surface area contributed by atoms with Crippen molar-refractivity contribution in [3.05, 3.63) is 40.4 Å². The highest BCUT2D eigenvalue weighted by Gasteiger charge is 2.15. The lowest BCUT2D eigenvalue weighted by Crippen LogP contribution is -2.28. The molecule has 4 heteroatoms. The summed E-state index contributed by atoms with van der Waals surface area (Å²) in [6.45, 7) is 0. The van der Waals surface area contributed by atoms with Gasteiger partial charge in [0.15, 0.2) is 0 Å². The van der Waals surface area contributed by atoms with Crippen molar-refractivity contribution < 1.29 is 4.74 Å². The number of ether oxygens (including phenoxy) is 1. The van der Waals surface area contributed by atoms with Crippen LogP contribution in [0.15, 0.2) is 29.8 Å². The number of methoxy groups -OCH3 is 1. The SMILES string of the molecule is COc1cc(C(CC2=CCCCC2)NN)ccc1Cl. The second-order valence-electron chi connectivity index (χ2n) is 4.93. The fraction of sp³-hybridized carbons (Fsp3) is 0.467. The predicted octanol–water partition coefficient (Wildman–Crippen LogP) is 3.74. The number of hydrazine groups is 1.